The molecule has 4 N–H and O–H groups in total. The number of carboxylic acid groups (broad SMARTS) is 1. The number of β-amino-alcohol motifs (C(OH)–C–C–N with tert-alkyl or cyclic N) is 1. The molecule has 0 spiro atoms. The van der Waals surface area contributed by atoms with Gasteiger partial charge < -0.3 is 25.6 Å². The van der Waals surface area contributed by atoms with E-state index in [2.05, 4.69) is 6.58 Å². The molecule has 1 saturated heterocycles. The van der Waals surface area contributed by atoms with Crippen LogP contribution in [0.3, 0.4) is 0 Å². The van der Waals surface area contributed by atoms with Gasteiger partial charge in [0, 0.05) is 13.0 Å². The summed E-state index contributed by atoms with van der Waals surface area (Å²) in [5.74, 6) is -2.57. The predicted molar refractivity (Wildman–Crippen MR) is 67.5 cm³/mol. The lowest BCUT2D eigenvalue weighted by molar-refractivity contribution is -0.150. The summed E-state index contributed by atoms with van der Waals surface area (Å²) < 4.78 is 4.70. The number of likely N-dealkylation sites (tertiary alicyclic amines) is 1. The first-order valence-corrected chi connectivity index (χ1v) is 6.10. The molecule has 20 heavy (non-hydrogen) atoms. The summed E-state index contributed by atoms with van der Waals surface area (Å²) in [6.07, 6.45) is 0.0722. The largest absolute Gasteiger partial charge is 0.480 e. The van der Waals surface area contributed by atoms with Crippen molar-refractivity contribution < 1.29 is 29.3 Å². The standard InChI is InChI=1S/C12H18N2O6/c1-2-3-20-10(16)5-8(13)11(17)14-6-7(15)4-9(14)12(18)19/h2,7-9,15H,1,3-6,13H2,(H,18,19)/t7-,8+,9+/m1/s1. The lowest BCUT2D eigenvalue weighted by Gasteiger charge is -2.24. The van der Waals surface area contributed by atoms with Crippen molar-refractivity contribution in [1.82, 2.24) is 4.90 Å². The third kappa shape index (κ3) is 4.04. The summed E-state index contributed by atoms with van der Waals surface area (Å²) in [6.45, 7) is 3.28. The average Bonchev–Trinajstić information content (AvgIpc) is 2.77. The molecule has 0 aromatic rings. The second kappa shape index (κ2) is 7.01. The summed E-state index contributed by atoms with van der Waals surface area (Å²) in [5.41, 5.74) is 5.59. The first kappa shape index (κ1) is 16.1. The number of esters is 1. The quantitative estimate of drug-likeness (QED) is 0.399. The van der Waals surface area contributed by atoms with Crippen LogP contribution < -0.4 is 5.73 Å². The molecule has 0 radical (unpaired) electrons. The number of nitrogens with two attached hydrogens (primary N) is 1. The van der Waals surface area contributed by atoms with Crippen molar-refractivity contribution in [2.24, 2.45) is 5.73 Å². The Hall–Kier alpha value is -1.93. The number of ether oxygens (including phenoxy) is 1. The Labute approximate surface area is 115 Å². The maximum absolute atomic E-state index is 12.0. The number of aliphatic hydroxyl groups excluding tert-OH is 1. The minimum absolute atomic E-state index is 0.0138. The number of aliphatic carboxylic acids is 1. The first-order chi connectivity index (χ1) is 9.36. The van der Waals surface area contributed by atoms with Crippen molar-refractivity contribution in [2.45, 2.75) is 31.0 Å². The maximum atomic E-state index is 12.0. The molecular weight excluding hydrogens is 268 g/mol. The fraction of sp³-hybridized carbons (Fsp3) is 0.583. The Balaban J connectivity index is 2.61. The molecule has 1 amide bonds. The number of rotatable bonds is 6. The molecule has 0 bridgehead atoms. The topological polar surface area (TPSA) is 130 Å². The van der Waals surface area contributed by atoms with Gasteiger partial charge in [-0.1, -0.05) is 12.7 Å². The molecule has 0 aliphatic carbocycles. The van der Waals surface area contributed by atoms with E-state index in [0.29, 0.717) is 0 Å². The molecule has 0 aromatic heterocycles. The Morgan fingerprint density at radius 1 is 1.50 bits per heavy atom. The number of amides is 1. The van der Waals surface area contributed by atoms with E-state index in [1.54, 1.807) is 0 Å². The SMILES string of the molecule is C=CCOC(=O)C[C@H](N)C(=O)N1C[C@H](O)C[C@H]1C(=O)O. The lowest BCUT2D eigenvalue weighted by Crippen LogP contribution is -2.49. The van der Waals surface area contributed by atoms with Crippen LogP contribution in [-0.4, -0.2) is 64.3 Å². The van der Waals surface area contributed by atoms with Crippen molar-refractivity contribution in [3.63, 3.8) is 0 Å². The average molecular weight is 286 g/mol. The highest BCUT2D eigenvalue weighted by atomic mass is 16.5. The van der Waals surface area contributed by atoms with Gasteiger partial charge in [0.1, 0.15) is 12.6 Å². The number of carboxylic acids is 1. The Kier molecular flexibility index (Phi) is 5.66. The first-order valence-electron chi connectivity index (χ1n) is 6.10. The highest BCUT2D eigenvalue weighted by Gasteiger charge is 2.40. The lowest BCUT2D eigenvalue weighted by atomic mass is 10.1. The number of nitrogens with zero attached hydrogens (tertiary/aromatic N) is 1. The van der Waals surface area contributed by atoms with Crippen LogP contribution in [0.15, 0.2) is 12.7 Å². The van der Waals surface area contributed by atoms with Crippen molar-refractivity contribution >= 4 is 17.8 Å². The zero-order chi connectivity index (χ0) is 15.3. The monoisotopic (exact) mass is 286 g/mol. The highest BCUT2D eigenvalue weighted by Crippen LogP contribution is 2.19. The van der Waals surface area contributed by atoms with E-state index < -0.39 is 36.0 Å². The van der Waals surface area contributed by atoms with E-state index in [0.717, 1.165) is 4.90 Å². The third-order valence-electron chi connectivity index (χ3n) is 2.91. The zero-order valence-corrected chi connectivity index (χ0v) is 10.9. The van der Waals surface area contributed by atoms with Gasteiger partial charge in [0.15, 0.2) is 0 Å². The van der Waals surface area contributed by atoms with Crippen LogP contribution in [0.2, 0.25) is 0 Å². The van der Waals surface area contributed by atoms with Gasteiger partial charge in [0.2, 0.25) is 5.91 Å². The fourth-order valence-corrected chi connectivity index (χ4v) is 1.98. The summed E-state index contributed by atoms with van der Waals surface area (Å²) >= 11 is 0. The molecule has 1 fully saturated rings. The second-order valence-electron chi connectivity index (χ2n) is 4.52. The van der Waals surface area contributed by atoms with Gasteiger partial charge >= 0.3 is 11.9 Å². The minimum Gasteiger partial charge on any atom is -0.480 e. The van der Waals surface area contributed by atoms with Crippen molar-refractivity contribution in [3.8, 4) is 0 Å². The van der Waals surface area contributed by atoms with E-state index in [1.165, 1.54) is 6.08 Å². The van der Waals surface area contributed by atoms with E-state index in [4.69, 9.17) is 15.6 Å². The number of carbonyl (C=O) groups excluding carboxylic acids is 2. The summed E-state index contributed by atoms with van der Waals surface area (Å²) in [5, 5.41) is 18.4. The van der Waals surface area contributed by atoms with Crippen LogP contribution in [0, 0.1) is 0 Å². The van der Waals surface area contributed by atoms with Crippen LogP contribution in [0.5, 0.6) is 0 Å². The normalized spacial score (nSPS) is 23.2. The van der Waals surface area contributed by atoms with Gasteiger partial charge in [-0.3, -0.25) is 9.59 Å². The van der Waals surface area contributed by atoms with E-state index in [1.807, 2.05) is 0 Å². The van der Waals surface area contributed by atoms with Crippen molar-refractivity contribution in [3.05, 3.63) is 12.7 Å². The van der Waals surface area contributed by atoms with Gasteiger partial charge in [-0.05, 0) is 0 Å². The molecule has 0 aromatic carbocycles. The highest BCUT2D eigenvalue weighted by molar-refractivity contribution is 5.90. The van der Waals surface area contributed by atoms with E-state index in [-0.39, 0.29) is 26.0 Å². The summed E-state index contributed by atoms with van der Waals surface area (Å²) in [4.78, 5) is 35.3. The number of aliphatic hydroxyl groups is 1. The third-order valence-corrected chi connectivity index (χ3v) is 2.91. The van der Waals surface area contributed by atoms with Crippen LogP contribution in [0.1, 0.15) is 12.8 Å². The number of carbonyl (C=O) groups is 3. The van der Waals surface area contributed by atoms with Gasteiger partial charge in [-0.2, -0.15) is 0 Å². The molecule has 1 aliphatic heterocycles. The molecule has 8 nitrogen and oxygen atoms in total. The van der Waals surface area contributed by atoms with Crippen molar-refractivity contribution in [2.75, 3.05) is 13.2 Å². The Morgan fingerprint density at radius 2 is 2.15 bits per heavy atom. The molecule has 0 saturated carbocycles. The molecule has 1 rings (SSSR count). The molecule has 0 unspecified atom stereocenters. The Bertz CT molecular complexity index is 411. The summed E-state index contributed by atoms with van der Waals surface area (Å²) in [7, 11) is 0. The molecule has 1 aliphatic rings. The summed E-state index contributed by atoms with van der Waals surface area (Å²) in [6, 6.07) is -2.31. The van der Waals surface area contributed by atoms with Gasteiger partial charge in [0.25, 0.3) is 0 Å². The van der Waals surface area contributed by atoms with Crippen LogP contribution in [0.4, 0.5) is 0 Å². The number of hydrogen-bond donors (Lipinski definition) is 3. The van der Waals surface area contributed by atoms with Crippen LogP contribution in [0.25, 0.3) is 0 Å². The van der Waals surface area contributed by atoms with Crippen molar-refractivity contribution in [1.29, 1.82) is 0 Å². The number of hydrogen-bond acceptors (Lipinski definition) is 6. The van der Waals surface area contributed by atoms with Gasteiger partial charge in [0.05, 0.1) is 18.6 Å². The molecule has 8 heteroatoms. The van der Waals surface area contributed by atoms with Gasteiger partial charge in [-0.25, -0.2) is 4.79 Å². The second-order valence-corrected chi connectivity index (χ2v) is 4.52. The minimum atomic E-state index is -1.21. The smallest absolute Gasteiger partial charge is 0.326 e. The Morgan fingerprint density at radius 3 is 2.70 bits per heavy atom. The molecule has 3 atom stereocenters. The molecular formula is C12H18N2O6. The maximum Gasteiger partial charge on any atom is 0.326 e. The van der Waals surface area contributed by atoms with E-state index in [9.17, 15) is 19.5 Å². The van der Waals surface area contributed by atoms with Crippen LogP contribution >= 0.6 is 0 Å². The molecule has 112 valence electrons. The van der Waals surface area contributed by atoms with Crippen LogP contribution in [-0.2, 0) is 19.1 Å². The molecule has 1 heterocycles. The predicted octanol–water partition coefficient (Wildman–Crippen LogP) is -1.52. The zero-order valence-electron chi connectivity index (χ0n) is 10.9. The van der Waals surface area contributed by atoms with Gasteiger partial charge in [-0.15, -0.1) is 0 Å². The fourth-order valence-electron chi connectivity index (χ4n) is 1.98. The van der Waals surface area contributed by atoms with E-state index >= 15 is 0 Å².